The van der Waals surface area contributed by atoms with Crippen LogP contribution in [0, 0.1) is 11.8 Å². The third-order valence-corrected chi connectivity index (χ3v) is 5.44. The van der Waals surface area contributed by atoms with E-state index in [9.17, 15) is 13.2 Å². The van der Waals surface area contributed by atoms with E-state index in [2.05, 4.69) is 13.8 Å². The minimum atomic E-state index is -4.09. The maximum atomic E-state index is 13.2. The van der Waals surface area contributed by atoms with Crippen LogP contribution in [-0.4, -0.2) is 42.4 Å². The standard InChI is InChI=1S/C16H30F3N2/c1-3-4-5-13-8-14(20)10-21(9-13,11-16(17,18)19)15-6-12(2)7-15/h12-15H,3-11,20H2,1-2H3/q+1. The number of alkyl halides is 3. The van der Waals surface area contributed by atoms with Crippen molar-refractivity contribution in [3.63, 3.8) is 0 Å². The molecular weight excluding hydrogens is 277 g/mol. The summed E-state index contributed by atoms with van der Waals surface area (Å²) in [6.45, 7) is 4.79. The third-order valence-electron chi connectivity index (χ3n) is 5.44. The van der Waals surface area contributed by atoms with Gasteiger partial charge in [-0.1, -0.05) is 26.7 Å². The monoisotopic (exact) mass is 307 g/mol. The Morgan fingerprint density at radius 2 is 1.81 bits per heavy atom. The van der Waals surface area contributed by atoms with Gasteiger partial charge in [-0.25, -0.2) is 0 Å². The lowest BCUT2D eigenvalue weighted by molar-refractivity contribution is -0.973. The first-order chi connectivity index (χ1) is 9.74. The molecule has 5 heteroatoms. The fourth-order valence-electron chi connectivity index (χ4n) is 4.56. The Hall–Kier alpha value is -0.290. The molecule has 1 saturated heterocycles. The van der Waals surface area contributed by atoms with Crippen LogP contribution in [0.4, 0.5) is 13.2 Å². The Bertz CT molecular complexity index is 339. The number of halogens is 3. The molecule has 0 aromatic carbocycles. The van der Waals surface area contributed by atoms with Gasteiger partial charge in [0.25, 0.3) is 0 Å². The second-order valence-electron chi connectivity index (χ2n) is 7.59. The second-order valence-corrected chi connectivity index (χ2v) is 7.59. The van der Waals surface area contributed by atoms with Crippen molar-refractivity contribution in [1.29, 1.82) is 0 Å². The quantitative estimate of drug-likeness (QED) is 0.770. The van der Waals surface area contributed by atoms with Crippen LogP contribution >= 0.6 is 0 Å². The average molecular weight is 307 g/mol. The summed E-state index contributed by atoms with van der Waals surface area (Å²) in [6, 6.07) is 0.107. The zero-order chi connectivity index (χ0) is 15.7. The van der Waals surface area contributed by atoms with Gasteiger partial charge in [-0.15, -0.1) is 0 Å². The lowest BCUT2D eigenvalue weighted by atomic mass is 9.76. The smallest absolute Gasteiger partial charge is 0.323 e. The van der Waals surface area contributed by atoms with Crippen molar-refractivity contribution < 1.29 is 17.7 Å². The normalized spacial score (nSPS) is 40.9. The number of hydrogen-bond donors (Lipinski definition) is 1. The maximum Gasteiger partial charge on any atom is 0.438 e. The molecule has 2 aliphatic rings. The van der Waals surface area contributed by atoms with E-state index in [-0.39, 0.29) is 16.6 Å². The summed E-state index contributed by atoms with van der Waals surface area (Å²) in [4.78, 5) is 0. The van der Waals surface area contributed by atoms with Gasteiger partial charge in [0.05, 0.1) is 25.2 Å². The van der Waals surface area contributed by atoms with Crippen molar-refractivity contribution in [3.8, 4) is 0 Å². The number of likely N-dealkylation sites (tertiary alicyclic amines) is 1. The Kier molecular flexibility index (Phi) is 5.24. The summed E-state index contributed by atoms with van der Waals surface area (Å²) >= 11 is 0. The molecule has 0 radical (unpaired) electrons. The molecule has 2 N–H and O–H groups in total. The number of nitrogens with zero attached hydrogens (tertiary/aromatic N) is 1. The summed E-state index contributed by atoms with van der Waals surface area (Å²) < 4.78 is 39.7. The van der Waals surface area contributed by atoms with Crippen LogP contribution in [-0.2, 0) is 0 Å². The molecule has 0 bridgehead atoms. The molecule has 3 atom stereocenters. The molecule has 0 aromatic rings. The molecule has 2 nitrogen and oxygen atoms in total. The number of hydrogen-bond acceptors (Lipinski definition) is 1. The van der Waals surface area contributed by atoms with Crippen molar-refractivity contribution in [2.24, 2.45) is 17.6 Å². The zero-order valence-electron chi connectivity index (χ0n) is 13.3. The number of nitrogens with two attached hydrogens (primary N) is 1. The number of piperidine rings is 1. The zero-order valence-corrected chi connectivity index (χ0v) is 13.3. The molecule has 1 aliphatic carbocycles. The van der Waals surface area contributed by atoms with Gasteiger partial charge in [0.15, 0.2) is 6.54 Å². The van der Waals surface area contributed by atoms with Gasteiger partial charge in [-0.3, -0.25) is 0 Å². The van der Waals surface area contributed by atoms with Gasteiger partial charge >= 0.3 is 6.18 Å². The average Bonchev–Trinajstić information content (AvgIpc) is 2.29. The summed E-state index contributed by atoms with van der Waals surface area (Å²) in [7, 11) is 0. The Balaban J connectivity index is 2.13. The van der Waals surface area contributed by atoms with Gasteiger partial charge in [0.2, 0.25) is 0 Å². The van der Waals surface area contributed by atoms with Gasteiger partial charge in [0, 0.05) is 18.8 Å². The van der Waals surface area contributed by atoms with Crippen molar-refractivity contribution in [3.05, 3.63) is 0 Å². The fourth-order valence-corrected chi connectivity index (χ4v) is 4.56. The molecular formula is C16H30F3N2+. The lowest BCUT2D eigenvalue weighted by Crippen LogP contribution is -2.69. The van der Waals surface area contributed by atoms with Crippen LogP contribution < -0.4 is 5.73 Å². The van der Waals surface area contributed by atoms with Crippen LogP contribution in [0.25, 0.3) is 0 Å². The SMILES string of the molecule is CCCCC1CC(N)C[N+](CC(F)(F)F)(C2CC(C)C2)C1. The largest absolute Gasteiger partial charge is 0.438 e. The van der Waals surface area contributed by atoms with E-state index in [1.807, 2.05) is 0 Å². The van der Waals surface area contributed by atoms with Crippen LogP contribution in [0.1, 0.15) is 52.4 Å². The van der Waals surface area contributed by atoms with E-state index in [1.54, 1.807) is 0 Å². The van der Waals surface area contributed by atoms with Gasteiger partial charge in [-0.2, -0.15) is 13.2 Å². The van der Waals surface area contributed by atoms with Crippen LogP contribution in [0.5, 0.6) is 0 Å². The third kappa shape index (κ3) is 4.35. The summed E-state index contributed by atoms with van der Waals surface area (Å²) in [5, 5.41) is 0. The first-order valence-corrected chi connectivity index (χ1v) is 8.42. The Morgan fingerprint density at radius 1 is 1.14 bits per heavy atom. The summed E-state index contributed by atoms with van der Waals surface area (Å²) in [6.07, 6.45) is 1.91. The van der Waals surface area contributed by atoms with E-state index < -0.39 is 12.7 Å². The molecule has 1 aliphatic heterocycles. The lowest BCUT2D eigenvalue weighted by Gasteiger charge is -2.55. The highest BCUT2D eigenvalue weighted by atomic mass is 19.4. The van der Waals surface area contributed by atoms with E-state index in [0.29, 0.717) is 24.9 Å². The first-order valence-electron chi connectivity index (χ1n) is 8.42. The highest BCUT2D eigenvalue weighted by Gasteiger charge is 2.53. The number of quaternary nitrogens is 1. The molecule has 2 rings (SSSR count). The maximum absolute atomic E-state index is 13.2. The minimum Gasteiger partial charge on any atom is -0.323 e. The van der Waals surface area contributed by atoms with Gasteiger partial charge in [0.1, 0.15) is 0 Å². The minimum absolute atomic E-state index is 0.0705. The molecule has 3 unspecified atom stereocenters. The molecule has 2 fully saturated rings. The van der Waals surface area contributed by atoms with Crippen molar-refractivity contribution in [2.45, 2.75) is 70.6 Å². The van der Waals surface area contributed by atoms with E-state index in [1.165, 1.54) is 0 Å². The van der Waals surface area contributed by atoms with E-state index >= 15 is 0 Å². The predicted molar refractivity (Wildman–Crippen MR) is 78.7 cm³/mol. The van der Waals surface area contributed by atoms with Gasteiger partial charge in [-0.05, 0) is 18.8 Å². The number of unbranched alkanes of at least 4 members (excludes halogenated alkanes) is 1. The number of rotatable bonds is 5. The fraction of sp³-hybridized carbons (Fsp3) is 1.00. The molecule has 124 valence electrons. The molecule has 0 spiro atoms. The first kappa shape index (κ1) is 17.1. The van der Waals surface area contributed by atoms with E-state index in [0.717, 1.165) is 38.5 Å². The Morgan fingerprint density at radius 3 is 2.33 bits per heavy atom. The molecule has 0 aromatic heterocycles. The van der Waals surface area contributed by atoms with Gasteiger partial charge < -0.3 is 10.2 Å². The van der Waals surface area contributed by atoms with Crippen LogP contribution in [0.3, 0.4) is 0 Å². The highest BCUT2D eigenvalue weighted by Crippen LogP contribution is 2.42. The molecule has 1 heterocycles. The molecule has 1 saturated carbocycles. The van der Waals surface area contributed by atoms with E-state index in [4.69, 9.17) is 5.73 Å². The van der Waals surface area contributed by atoms with Crippen LogP contribution in [0.15, 0.2) is 0 Å². The highest BCUT2D eigenvalue weighted by molar-refractivity contribution is 4.84. The molecule has 21 heavy (non-hydrogen) atoms. The van der Waals surface area contributed by atoms with Crippen LogP contribution in [0.2, 0.25) is 0 Å². The Labute approximate surface area is 126 Å². The summed E-state index contributed by atoms with van der Waals surface area (Å²) in [5.74, 6) is 0.942. The molecule has 0 amide bonds. The second kappa shape index (κ2) is 6.45. The summed E-state index contributed by atoms with van der Waals surface area (Å²) in [5.41, 5.74) is 6.16. The van der Waals surface area contributed by atoms with Crippen molar-refractivity contribution in [1.82, 2.24) is 0 Å². The predicted octanol–water partition coefficient (Wildman–Crippen LogP) is 3.70. The van der Waals surface area contributed by atoms with Crippen molar-refractivity contribution >= 4 is 0 Å². The van der Waals surface area contributed by atoms with Crippen molar-refractivity contribution in [2.75, 3.05) is 19.6 Å². The topological polar surface area (TPSA) is 26.0 Å².